The van der Waals surface area contributed by atoms with Crippen LogP contribution in [-0.4, -0.2) is 32.8 Å². The van der Waals surface area contributed by atoms with Crippen molar-refractivity contribution >= 4 is 28.7 Å². The summed E-state index contributed by atoms with van der Waals surface area (Å²) in [4.78, 5) is 23.9. The molecule has 0 aliphatic rings. The van der Waals surface area contributed by atoms with Crippen LogP contribution >= 0.6 is 0 Å². The highest BCUT2D eigenvalue weighted by Gasteiger charge is 2.22. The molecule has 1 atom stereocenters. The van der Waals surface area contributed by atoms with Gasteiger partial charge < -0.3 is 10.4 Å². The number of aromatic nitrogens is 2. The van der Waals surface area contributed by atoms with Crippen molar-refractivity contribution in [1.82, 2.24) is 15.1 Å². The number of carbonyl (C=O) groups excluding carboxylic acids is 1. The Balaban J connectivity index is 1.71. The first-order valence-corrected chi connectivity index (χ1v) is 10.8. The summed E-state index contributed by atoms with van der Waals surface area (Å²) in [6.45, 7) is 3.51. The largest absolute Gasteiger partial charge is 0.480 e. The SMILES string of the molecule is CC(C)C(NC(=O)/C=C/c1cn(-c2ccccc2)nc1-c1ccc2ccccc2c1)C(=O)O. The van der Waals surface area contributed by atoms with Crippen LogP contribution in [0.3, 0.4) is 0 Å². The van der Waals surface area contributed by atoms with E-state index in [4.69, 9.17) is 5.10 Å². The highest BCUT2D eigenvalue weighted by molar-refractivity contribution is 5.95. The van der Waals surface area contributed by atoms with E-state index >= 15 is 0 Å². The van der Waals surface area contributed by atoms with E-state index in [0.29, 0.717) is 0 Å². The Morgan fingerprint density at radius 1 is 0.970 bits per heavy atom. The standard InChI is InChI=1S/C27H25N3O3/c1-18(2)25(27(32)33)28-24(31)15-14-22-17-30(23-10-4-3-5-11-23)29-26(22)21-13-12-19-8-6-7-9-20(19)16-21/h3-18,25H,1-2H3,(H,28,31)(H,32,33)/b15-14+. The van der Waals surface area contributed by atoms with Crippen LogP contribution in [-0.2, 0) is 9.59 Å². The molecule has 1 heterocycles. The van der Waals surface area contributed by atoms with E-state index in [9.17, 15) is 14.7 Å². The minimum atomic E-state index is -1.06. The molecule has 0 bridgehead atoms. The Kier molecular flexibility index (Phi) is 6.36. The fraction of sp³-hybridized carbons (Fsp3) is 0.148. The van der Waals surface area contributed by atoms with E-state index in [2.05, 4.69) is 17.4 Å². The van der Waals surface area contributed by atoms with Crippen molar-refractivity contribution in [3.63, 3.8) is 0 Å². The van der Waals surface area contributed by atoms with E-state index in [1.54, 1.807) is 24.6 Å². The van der Waals surface area contributed by atoms with Gasteiger partial charge in [0.2, 0.25) is 5.91 Å². The molecular formula is C27H25N3O3. The third-order valence-corrected chi connectivity index (χ3v) is 5.43. The number of hydrogen-bond donors (Lipinski definition) is 2. The van der Waals surface area contributed by atoms with Crippen LogP contribution < -0.4 is 5.32 Å². The Bertz CT molecular complexity index is 1320. The summed E-state index contributed by atoms with van der Waals surface area (Å²) in [7, 11) is 0. The van der Waals surface area contributed by atoms with Crippen LogP contribution in [0.4, 0.5) is 0 Å². The quantitative estimate of drug-likeness (QED) is 0.400. The van der Waals surface area contributed by atoms with Gasteiger partial charge >= 0.3 is 5.97 Å². The number of carboxylic acids is 1. The molecule has 6 heteroatoms. The van der Waals surface area contributed by atoms with Gasteiger partial charge in [0.25, 0.3) is 0 Å². The normalized spacial score (nSPS) is 12.3. The third kappa shape index (κ3) is 5.01. The van der Waals surface area contributed by atoms with Gasteiger partial charge in [-0.05, 0) is 41.0 Å². The maximum atomic E-state index is 12.4. The van der Waals surface area contributed by atoms with Crippen LogP contribution in [0.15, 0.2) is 85.1 Å². The van der Waals surface area contributed by atoms with E-state index in [1.807, 2.05) is 66.9 Å². The van der Waals surface area contributed by atoms with Crippen LogP contribution in [0.1, 0.15) is 19.4 Å². The fourth-order valence-electron chi connectivity index (χ4n) is 3.66. The summed E-state index contributed by atoms with van der Waals surface area (Å²) in [6.07, 6.45) is 4.89. The molecular weight excluding hydrogens is 414 g/mol. The van der Waals surface area contributed by atoms with Gasteiger partial charge in [-0.25, -0.2) is 9.48 Å². The summed E-state index contributed by atoms with van der Waals surface area (Å²) < 4.78 is 1.77. The monoisotopic (exact) mass is 439 g/mol. The molecule has 4 aromatic rings. The van der Waals surface area contributed by atoms with Crippen LogP contribution in [0, 0.1) is 5.92 Å². The highest BCUT2D eigenvalue weighted by atomic mass is 16.4. The zero-order valence-electron chi connectivity index (χ0n) is 18.5. The van der Waals surface area contributed by atoms with Crippen molar-refractivity contribution < 1.29 is 14.7 Å². The first-order valence-electron chi connectivity index (χ1n) is 10.8. The van der Waals surface area contributed by atoms with Crippen LogP contribution in [0.25, 0.3) is 33.8 Å². The second kappa shape index (κ2) is 9.53. The molecule has 0 saturated carbocycles. The molecule has 3 aromatic carbocycles. The number of carboxylic acid groups (broad SMARTS) is 1. The summed E-state index contributed by atoms with van der Waals surface area (Å²) in [5.41, 5.74) is 3.30. The van der Waals surface area contributed by atoms with Crippen molar-refractivity contribution in [3.05, 3.63) is 90.6 Å². The Hall–Kier alpha value is -4.19. The number of rotatable bonds is 7. The molecule has 4 rings (SSSR count). The average Bonchev–Trinajstić information content (AvgIpc) is 3.25. The van der Waals surface area contributed by atoms with Gasteiger partial charge in [-0.2, -0.15) is 5.10 Å². The third-order valence-electron chi connectivity index (χ3n) is 5.43. The molecule has 166 valence electrons. The molecule has 0 radical (unpaired) electrons. The molecule has 1 aromatic heterocycles. The Labute approximate surface area is 192 Å². The van der Waals surface area contributed by atoms with Crippen molar-refractivity contribution in [2.45, 2.75) is 19.9 Å². The molecule has 33 heavy (non-hydrogen) atoms. The molecule has 1 unspecified atom stereocenters. The maximum Gasteiger partial charge on any atom is 0.326 e. The second-order valence-corrected chi connectivity index (χ2v) is 8.18. The van der Waals surface area contributed by atoms with E-state index in [1.165, 1.54) is 6.08 Å². The average molecular weight is 440 g/mol. The molecule has 0 aliphatic carbocycles. The zero-order chi connectivity index (χ0) is 23.4. The number of para-hydroxylation sites is 1. The van der Waals surface area contributed by atoms with Gasteiger partial charge in [0.15, 0.2) is 0 Å². The number of carbonyl (C=O) groups is 2. The zero-order valence-corrected chi connectivity index (χ0v) is 18.5. The van der Waals surface area contributed by atoms with Gasteiger partial charge in [-0.15, -0.1) is 0 Å². The minimum absolute atomic E-state index is 0.228. The number of nitrogens with one attached hydrogen (secondary N) is 1. The molecule has 1 amide bonds. The lowest BCUT2D eigenvalue weighted by molar-refractivity contribution is -0.142. The van der Waals surface area contributed by atoms with Crippen LogP contribution in [0.5, 0.6) is 0 Å². The topological polar surface area (TPSA) is 84.2 Å². The van der Waals surface area contributed by atoms with E-state index < -0.39 is 17.9 Å². The first-order chi connectivity index (χ1) is 15.9. The number of hydrogen-bond acceptors (Lipinski definition) is 3. The molecule has 0 fully saturated rings. The second-order valence-electron chi connectivity index (χ2n) is 8.18. The fourth-order valence-corrected chi connectivity index (χ4v) is 3.66. The van der Waals surface area contributed by atoms with Gasteiger partial charge in [0.1, 0.15) is 6.04 Å². The van der Waals surface area contributed by atoms with Crippen LogP contribution in [0.2, 0.25) is 0 Å². The van der Waals surface area contributed by atoms with E-state index in [-0.39, 0.29) is 5.92 Å². The molecule has 6 nitrogen and oxygen atoms in total. The summed E-state index contributed by atoms with van der Waals surface area (Å²) >= 11 is 0. The first kappa shape index (κ1) is 22.0. The van der Waals surface area contributed by atoms with Gasteiger partial charge in [0, 0.05) is 23.4 Å². The molecule has 0 aliphatic heterocycles. The predicted molar refractivity (Wildman–Crippen MR) is 130 cm³/mol. The Morgan fingerprint density at radius 2 is 1.67 bits per heavy atom. The molecule has 0 spiro atoms. The Morgan fingerprint density at radius 3 is 2.36 bits per heavy atom. The smallest absolute Gasteiger partial charge is 0.326 e. The van der Waals surface area contributed by atoms with Crippen molar-refractivity contribution in [1.29, 1.82) is 0 Å². The summed E-state index contributed by atoms with van der Waals surface area (Å²) in [5.74, 6) is -1.75. The van der Waals surface area contributed by atoms with E-state index in [0.717, 1.165) is 33.3 Å². The summed E-state index contributed by atoms with van der Waals surface area (Å²) in [6, 6.07) is 23.0. The van der Waals surface area contributed by atoms with Crippen molar-refractivity contribution in [2.75, 3.05) is 0 Å². The number of benzene rings is 3. The van der Waals surface area contributed by atoms with Crippen molar-refractivity contribution in [3.8, 4) is 16.9 Å². The molecule has 0 saturated heterocycles. The lowest BCUT2D eigenvalue weighted by Crippen LogP contribution is -2.43. The predicted octanol–water partition coefficient (Wildman–Crippen LogP) is 4.93. The van der Waals surface area contributed by atoms with Crippen molar-refractivity contribution in [2.24, 2.45) is 5.92 Å². The number of amides is 1. The number of aliphatic carboxylic acids is 1. The maximum absolute atomic E-state index is 12.4. The van der Waals surface area contributed by atoms with Gasteiger partial charge in [-0.1, -0.05) is 68.4 Å². The number of nitrogens with zero attached hydrogens (tertiary/aromatic N) is 2. The lowest BCUT2D eigenvalue weighted by atomic mass is 10.0. The lowest BCUT2D eigenvalue weighted by Gasteiger charge is -2.16. The summed E-state index contributed by atoms with van der Waals surface area (Å²) in [5, 5.41) is 18.9. The highest BCUT2D eigenvalue weighted by Crippen LogP contribution is 2.28. The van der Waals surface area contributed by atoms with Gasteiger partial charge in [-0.3, -0.25) is 4.79 Å². The number of fused-ring (bicyclic) bond motifs is 1. The minimum Gasteiger partial charge on any atom is -0.480 e. The molecule has 2 N–H and O–H groups in total. The van der Waals surface area contributed by atoms with Gasteiger partial charge in [0.05, 0.1) is 11.4 Å².